The molecule has 0 unspecified atom stereocenters. The first-order chi connectivity index (χ1) is 11.1. The summed E-state index contributed by atoms with van der Waals surface area (Å²) >= 11 is 6.68. The Morgan fingerprint density at radius 2 is 1.83 bits per heavy atom. The lowest BCUT2D eigenvalue weighted by molar-refractivity contribution is -0.121. The molecule has 3 rings (SSSR count). The predicted octanol–water partition coefficient (Wildman–Crippen LogP) is 4.27. The Morgan fingerprint density at radius 3 is 2.52 bits per heavy atom. The van der Waals surface area contributed by atoms with Crippen LogP contribution in [0, 0.1) is 6.92 Å². The van der Waals surface area contributed by atoms with Crippen LogP contribution in [0.5, 0.6) is 0 Å². The van der Waals surface area contributed by atoms with Gasteiger partial charge in [-0.15, -0.1) is 0 Å². The second kappa shape index (κ2) is 6.98. The van der Waals surface area contributed by atoms with Crippen LogP contribution in [-0.2, 0) is 4.79 Å². The van der Waals surface area contributed by atoms with Crippen molar-refractivity contribution in [1.82, 2.24) is 4.90 Å². The second-order valence-corrected chi connectivity index (χ2v) is 6.90. The Morgan fingerprint density at radius 1 is 1.13 bits per heavy atom. The minimum absolute atomic E-state index is 0.0523. The largest absolute Gasteiger partial charge is 0.367 e. The fraction of sp³-hybridized carbons (Fsp3) is 0.111. The van der Waals surface area contributed by atoms with Gasteiger partial charge in [-0.05, 0) is 30.7 Å². The van der Waals surface area contributed by atoms with Crippen LogP contribution >= 0.6 is 24.0 Å². The van der Waals surface area contributed by atoms with Crippen molar-refractivity contribution in [3.05, 3.63) is 70.6 Å². The van der Waals surface area contributed by atoms with Crippen molar-refractivity contribution in [2.45, 2.75) is 6.92 Å². The maximum atomic E-state index is 12.5. The first kappa shape index (κ1) is 15.8. The molecule has 1 aliphatic heterocycles. The van der Waals surface area contributed by atoms with Gasteiger partial charge in [-0.1, -0.05) is 72.0 Å². The van der Waals surface area contributed by atoms with Gasteiger partial charge in [0, 0.05) is 5.69 Å². The number of nitrogens with one attached hydrogen (secondary N) is 1. The van der Waals surface area contributed by atoms with Gasteiger partial charge >= 0.3 is 0 Å². The van der Waals surface area contributed by atoms with Gasteiger partial charge in [0.25, 0.3) is 5.91 Å². The molecule has 0 aliphatic carbocycles. The molecule has 0 radical (unpaired) electrons. The highest BCUT2D eigenvalue weighted by Gasteiger charge is 2.31. The highest BCUT2D eigenvalue weighted by molar-refractivity contribution is 8.26. The van der Waals surface area contributed by atoms with E-state index in [0.29, 0.717) is 15.9 Å². The highest BCUT2D eigenvalue weighted by atomic mass is 32.2. The number of thiocarbonyl (C=S) groups is 1. The summed E-state index contributed by atoms with van der Waals surface area (Å²) in [5, 5.41) is 3.24. The topological polar surface area (TPSA) is 32.3 Å². The zero-order valence-corrected chi connectivity index (χ0v) is 14.3. The molecular formula is C18H16N2OS2. The first-order valence-corrected chi connectivity index (χ1v) is 8.47. The quantitative estimate of drug-likeness (QED) is 0.666. The molecule has 3 nitrogen and oxygen atoms in total. The molecule has 1 amide bonds. The molecule has 2 aromatic rings. The third kappa shape index (κ3) is 3.81. The summed E-state index contributed by atoms with van der Waals surface area (Å²) in [6.45, 7) is 2.42. The summed E-state index contributed by atoms with van der Waals surface area (Å²) in [6, 6.07) is 17.8. The van der Waals surface area contributed by atoms with Crippen molar-refractivity contribution < 1.29 is 4.79 Å². The summed E-state index contributed by atoms with van der Waals surface area (Å²) in [5.74, 6) is -0.0523. The van der Waals surface area contributed by atoms with Crippen LogP contribution in [0.2, 0.25) is 0 Å². The number of nitrogens with zero attached hydrogens (tertiary/aromatic N) is 1. The molecule has 0 saturated carbocycles. The van der Waals surface area contributed by atoms with Gasteiger partial charge in [0.2, 0.25) is 0 Å². The average Bonchev–Trinajstić information content (AvgIpc) is 2.82. The predicted molar refractivity (Wildman–Crippen MR) is 101 cm³/mol. The normalized spacial score (nSPS) is 16.2. The number of hydrogen-bond donors (Lipinski definition) is 1. The van der Waals surface area contributed by atoms with E-state index >= 15 is 0 Å². The van der Waals surface area contributed by atoms with E-state index in [9.17, 15) is 4.79 Å². The SMILES string of the molecule is Cc1ccc(NCN2C(=O)C(=Cc3ccccc3)SC2=S)cc1. The highest BCUT2D eigenvalue weighted by Crippen LogP contribution is 2.32. The summed E-state index contributed by atoms with van der Waals surface area (Å²) in [5.41, 5.74) is 3.17. The number of carbonyl (C=O) groups excluding carboxylic acids is 1. The lowest BCUT2D eigenvalue weighted by Crippen LogP contribution is -2.33. The number of thioether (sulfide) groups is 1. The maximum absolute atomic E-state index is 12.5. The van der Waals surface area contributed by atoms with E-state index in [4.69, 9.17) is 12.2 Å². The zero-order chi connectivity index (χ0) is 16.2. The number of aryl methyl sites for hydroxylation is 1. The summed E-state index contributed by atoms with van der Waals surface area (Å²) in [7, 11) is 0. The van der Waals surface area contributed by atoms with E-state index < -0.39 is 0 Å². The smallest absolute Gasteiger partial charge is 0.267 e. The molecule has 0 spiro atoms. The van der Waals surface area contributed by atoms with Crippen LogP contribution < -0.4 is 5.32 Å². The lowest BCUT2D eigenvalue weighted by Gasteiger charge is -2.16. The molecule has 1 N–H and O–H groups in total. The molecule has 0 bridgehead atoms. The van der Waals surface area contributed by atoms with Crippen molar-refractivity contribution in [3.8, 4) is 0 Å². The number of rotatable bonds is 4. The van der Waals surface area contributed by atoms with Gasteiger partial charge in [0.15, 0.2) is 0 Å². The fourth-order valence-electron chi connectivity index (χ4n) is 2.18. The van der Waals surface area contributed by atoms with Crippen LogP contribution in [0.4, 0.5) is 5.69 Å². The standard InChI is InChI=1S/C18H16N2OS2/c1-13-7-9-15(10-8-13)19-12-20-17(21)16(23-18(20)22)11-14-5-3-2-4-6-14/h2-11,19H,12H2,1H3. The number of benzene rings is 2. The molecule has 5 heteroatoms. The van der Waals surface area contributed by atoms with E-state index in [1.807, 2.05) is 67.6 Å². The number of carbonyl (C=O) groups is 1. The Hall–Kier alpha value is -2.11. The Bertz CT molecular complexity index is 754. The Labute approximate surface area is 145 Å². The number of hydrogen-bond acceptors (Lipinski definition) is 4. The minimum atomic E-state index is -0.0523. The Kier molecular flexibility index (Phi) is 4.79. The van der Waals surface area contributed by atoms with Crippen LogP contribution in [0.3, 0.4) is 0 Å². The van der Waals surface area contributed by atoms with Crippen LogP contribution in [0.25, 0.3) is 6.08 Å². The molecular weight excluding hydrogens is 324 g/mol. The van der Waals surface area contributed by atoms with Gasteiger partial charge < -0.3 is 5.32 Å². The summed E-state index contributed by atoms with van der Waals surface area (Å²) in [4.78, 5) is 14.8. The van der Waals surface area contributed by atoms with Crippen molar-refractivity contribution in [2.24, 2.45) is 0 Å². The molecule has 116 valence electrons. The minimum Gasteiger partial charge on any atom is -0.367 e. The zero-order valence-electron chi connectivity index (χ0n) is 12.7. The number of amides is 1. The van der Waals surface area contributed by atoms with E-state index in [1.165, 1.54) is 17.3 Å². The molecule has 1 fully saturated rings. The molecule has 0 atom stereocenters. The van der Waals surface area contributed by atoms with Gasteiger partial charge in [-0.25, -0.2) is 0 Å². The van der Waals surface area contributed by atoms with Crippen LogP contribution in [0.15, 0.2) is 59.5 Å². The van der Waals surface area contributed by atoms with Gasteiger partial charge in [-0.2, -0.15) is 0 Å². The van der Waals surface area contributed by atoms with Crippen LogP contribution in [0.1, 0.15) is 11.1 Å². The summed E-state index contributed by atoms with van der Waals surface area (Å²) < 4.78 is 0.580. The molecule has 0 aromatic heterocycles. The maximum Gasteiger partial charge on any atom is 0.267 e. The van der Waals surface area contributed by atoms with Crippen molar-refractivity contribution >= 4 is 46.0 Å². The van der Waals surface area contributed by atoms with Crippen molar-refractivity contribution in [3.63, 3.8) is 0 Å². The van der Waals surface area contributed by atoms with Crippen molar-refractivity contribution in [1.29, 1.82) is 0 Å². The van der Waals surface area contributed by atoms with Gasteiger partial charge in [-0.3, -0.25) is 9.69 Å². The first-order valence-electron chi connectivity index (χ1n) is 7.24. The van der Waals surface area contributed by atoms with E-state index in [-0.39, 0.29) is 5.91 Å². The fourth-order valence-corrected chi connectivity index (χ4v) is 3.43. The molecule has 2 aromatic carbocycles. The second-order valence-electron chi connectivity index (χ2n) is 5.22. The van der Waals surface area contributed by atoms with Crippen molar-refractivity contribution in [2.75, 3.05) is 12.0 Å². The van der Waals surface area contributed by atoms with Gasteiger partial charge in [0.1, 0.15) is 4.32 Å². The lowest BCUT2D eigenvalue weighted by atomic mass is 10.2. The Balaban J connectivity index is 1.69. The molecule has 1 heterocycles. The summed E-state index contributed by atoms with van der Waals surface area (Å²) in [6.07, 6.45) is 1.88. The average molecular weight is 340 g/mol. The molecule has 23 heavy (non-hydrogen) atoms. The third-order valence-electron chi connectivity index (χ3n) is 3.46. The van der Waals surface area contributed by atoms with E-state index in [1.54, 1.807) is 4.90 Å². The van der Waals surface area contributed by atoms with E-state index in [0.717, 1.165) is 11.3 Å². The third-order valence-corrected chi connectivity index (χ3v) is 4.84. The molecule has 1 saturated heterocycles. The van der Waals surface area contributed by atoms with E-state index in [2.05, 4.69) is 5.32 Å². The van der Waals surface area contributed by atoms with Crippen LogP contribution in [-0.4, -0.2) is 21.8 Å². The monoisotopic (exact) mass is 340 g/mol. The van der Waals surface area contributed by atoms with Gasteiger partial charge in [0.05, 0.1) is 11.6 Å². The number of anilines is 1. The molecule has 1 aliphatic rings.